The van der Waals surface area contributed by atoms with Crippen molar-refractivity contribution in [1.29, 1.82) is 0 Å². The molecule has 0 bridgehead atoms. The van der Waals surface area contributed by atoms with Crippen LogP contribution >= 0.6 is 0 Å². The number of rotatable bonds is 8. The zero-order valence-corrected chi connectivity index (χ0v) is 26.0. The lowest BCUT2D eigenvalue weighted by Gasteiger charge is -2.36. The van der Waals surface area contributed by atoms with E-state index >= 15 is 0 Å². The number of carboxylic acid groups (broad SMARTS) is 1. The number of piperidine rings is 1. The molecular weight excluding hydrogens is 576 g/mol. The lowest BCUT2D eigenvalue weighted by Crippen LogP contribution is -2.45. The second kappa shape index (κ2) is 11.3. The van der Waals surface area contributed by atoms with Crippen molar-refractivity contribution in [2.24, 2.45) is 5.92 Å². The second-order valence-corrected chi connectivity index (χ2v) is 14.6. The molecule has 0 unspecified atom stereocenters. The van der Waals surface area contributed by atoms with Crippen LogP contribution in [0.3, 0.4) is 0 Å². The van der Waals surface area contributed by atoms with Crippen molar-refractivity contribution >= 4 is 32.8 Å². The molecular formula is C33H38N6O4S. The number of carbonyl (C=O) groups is 1. The summed E-state index contributed by atoms with van der Waals surface area (Å²) >= 11 is 0. The fourth-order valence-corrected chi connectivity index (χ4v) is 8.59. The highest BCUT2D eigenvalue weighted by atomic mass is 32.2. The maximum Gasteiger partial charge on any atom is 0.304 e. The molecule has 4 aromatic rings. The van der Waals surface area contributed by atoms with Gasteiger partial charge in [0, 0.05) is 44.3 Å². The number of pyridine rings is 1. The highest BCUT2D eigenvalue weighted by Gasteiger charge is 2.39. The molecule has 7 rings (SSSR count). The fourth-order valence-electron chi connectivity index (χ4n) is 6.98. The predicted molar refractivity (Wildman–Crippen MR) is 167 cm³/mol. The lowest BCUT2D eigenvalue weighted by molar-refractivity contribution is -0.137. The van der Waals surface area contributed by atoms with Gasteiger partial charge in [-0.25, -0.2) is 18.1 Å². The highest BCUT2D eigenvalue weighted by molar-refractivity contribution is 7.89. The van der Waals surface area contributed by atoms with E-state index in [1.54, 1.807) is 22.6 Å². The number of benzene rings is 2. The first-order chi connectivity index (χ1) is 21.2. The zero-order chi connectivity index (χ0) is 30.6. The largest absolute Gasteiger partial charge is 0.481 e. The number of aromatic nitrogens is 4. The molecule has 4 heterocycles. The first-order valence-corrected chi connectivity index (χ1v) is 17.0. The number of hydrogen-bond acceptors (Lipinski definition) is 7. The van der Waals surface area contributed by atoms with Crippen LogP contribution in [0.4, 0.5) is 5.82 Å². The summed E-state index contributed by atoms with van der Waals surface area (Å²) in [4.78, 5) is 19.1. The summed E-state index contributed by atoms with van der Waals surface area (Å²) in [6.45, 7) is 6.20. The number of anilines is 1. The van der Waals surface area contributed by atoms with E-state index in [1.165, 1.54) is 12.8 Å². The van der Waals surface area contributed by atoms with Crippen LogP contribution in [0.25, 0.3) is 11.0 Å². The predicted octanol–water partition coefficient (Wildman–Crippen LogP) is 5.02. The molecule has 1 N–H and O–H groups in total. The van der Waals surface area contributed by atoms with E-state index in [0.717, 1.165) is 71.2 Å². The van der Waals surface area contributed by atoms with Crippen LogP contribution in [0, 0.1) is 19.8 Å². The molecule has 1 aliphatic carbocycles. The Hall–Kier alpha value is -3.83. The number of hydrogen-bond donors (Lipinski definition) is 1. The molecule has 2 aromatic heterocycles. The lowest BCUT2D eigenvalue weighted by atomic mass is 9.84. The van der Waals surface area contributed by atoms with E-state index in [1.807, 2.05) is 48.9 Å². The molecule has 0 amide bonds. The van der Waals surface area contributed by atoms with Gasteiger partial charge in [-0.15, -0.1) is 5.10 Å². The maximum absolute atomic E-state index is 14.1. The van der Waals surface area contributed by atoms with Crippen LogP contribution in [-0.2, 0) is 27.9 Å². The average Bonchev–Trinajstić information content (AvgIpc) is 3.75. The maximum atomic E-state index is 14.1. The number of nitrogens with zero attached hydrogens (tertiary/aromatic N) is 6. The minimum Gasteiger partial charge on any atom is -0.481 e. The summed E-state index contributed by atoms with van der Waals surface area (Å²) in [6, 6.07) is 13.4. The molecule has 1 saturated heterocycles. The third-order valence-electron chi connectivity index (χ3n) is 9.67. The van der Waals surface area contributed by atoms with Crippen LogP contribution in [-0.4, -0.2) is 62.9 Å². The van der Waals surface area contributed by atoms with Gasteiger partial charge in [0.05, 0.1) is 11.9 Å². The minimum atomic E-state index is -3.81. The summed E-state index contributed by atoms with van der Waals surface area (Å²) in [7, 11) is -3.81. The van der Waals surface area contributed by atoms with E-state index in [2.05, 4.69) is 20.2 Å². The van der Waals surface area contributed by atoms with E-state index in [-0.39, 0.29) is 23.9 Å². The Kier molecular flexibility index (Phi) is 7.40. The second-order valence-electron chi connectivity index (χ2n) is 12.7. The Morgan fingerprint density at radius 3 is 2.73 bits per heavy atom. The quantitative estimate of drug-likeness (QED) is 0.294. The van der Waals surface area contributed by atoms with Crippen molar-refractivity contribution in [1.82, 2.24) is 24.3 Å². The van der Waals surface area contributed by atoms with Crippen molar-refractivity contribution in [2.75, 3.05) is 18.0 Å². The topological polar surface area (TPSA) is 122 Å². The Labute approximate surface area is 257 Å². The van der Waals surface area contributed by atoms with Gasteiger partial charge >= 0.3 is 5.97 Å². The van der Waals surface area contributed by atoms with Crippen LogP contribution in [0.1, 0.15) is 72.3 Å². The standard InChI is InChI=1S/C33H38N6O4S/c1-21-8-11-24(28(17-31(40)41)27-12-13-29-32(22(27)2)35-36-39(29)18-23-9-10-23)16-25(21)19-37-20-26-6-3-4-15-38(26)33-30(44(37,42)43)7-5-14-34-33/h5,7-8,11-14,16,23,26,28H,3-4,6,9-10,15,17-20H2,1-2H3,(H,40,41)/t26-,28-/m0/s1. The summed E-state index contributed by atoms with van der Waals surface area (Å²) < 4.78 is 31.7. The van der Waals surface area contributed by atoms with Crippen molar-refractivity contribution in [2.45, 2.75) is 82.3 Å². The molecule has 2 atom stereocenters. The molecule has 3 aliphatic rings. The Bertz CT molecular complexity index is 1850. The van der Waals surface area contributed by atoms with Gasteiger partial charge in [-0.3, -0.25) is 4.79 Å². The van der Waals surface area contributed by atoms with E-state index in [4.69, 9.17) is 0 Å². The van der Waals surface area contributed by atoms with Gasteiger partial charge in [0.2, 0.25) is 10.0 Å². The third kappa shape index (κ3) is 5.26. The summed E-state index contributed by atoms with van der Waals surface area (Å²) in [5.41, 5.74) is 6.26. The van der Waals surface area contributed by atoms with Crippen LogP contribution in [0.2, 0.25) is 0 Å². The van der Waals surface area contributed by atoms with Crippen molar-refractivity contribution in [3.8, 4) is 0 Å². The van der Waals surface area contributed by atoms with E-state index in [9.17, 15) is 18.3 Å². The minimum absolute atomic E-state index is 0.0561. The fraction of sp³-hybridized carbons (Fsp3) is 0.455. The monoisotopic (exact) mass is 614 g/mol. The van der Waals surface area contributed by atoms with Crippen LogP contribution < -0.4 is 4.90 Å². The van der Waals surface area contributed by atoms with Gasteiger partial charge in [-0.2, -0.15) is 4.31 Å². The van der Waals surface area contributed by atoms with Crippen LogP contribution in [0.15, 0.2) is 53.6 Å². The number of fused-ring (bicyclic) bond motifs is 4. The molecule has 10 nitrogen and oxygen atoms in total. The summed E-state index contributed by atoms with van der Waals surface area (Å²) in [6.07, 6.45) is 6.99. The summed E-state index contributed by atoms with van der Waals surface area (Å²) in [5.74, 6) is -0.119. The molecule has 0 spiro atoms. The van der Waals surface area contributed by atoms with Gasteiger partial charge in [0.1, 0.15) is 16.2 Å². The van der Waals surface area contributed by atoms with Gasteiger partial charge in [-0.05, 0) is 97.9 Å². The van der Waals surface area contributed by atoms with Gasteiger partial charge in [0.25, 0.3) is 0 Å². The highest BCUT2D eigenvalue weighted by Crippen LogP contribution is 2.38. The number of carboxylic acids is 1. The SMILES string of the molecule is Cc1ccc([C@H](CC(=O)O)c2ccc3c(nnn3CC3CC3)c2C)cc1CN1C[C@@H]2CCCCN2c2ncccc2S1(=O)=O. The van der Waals surface area contributed by atoms with Crippen molar-refractivity contribution in [3.05, 3.63) is 76.5 Å². The first-order valence-electron chi connectivity index (χ1n) is 15.6. The molecule has 1 saturated carbocycles. The average molecular weight is 615 g/mol. The molecule has 0 radical (unpaired) electrons. The number of aryl methyl sites for hydroxylation is 2. The first kappa shape index (κ1) is 28.9. The number of aliphatic carboxylic acids is 1. The Balaban J connectivity index is 1.25. The Morgan fingerprint density at radius 1 is 1.09 bits per heavy atom. The van der Waals surface area contributed by atoms with Crippen molar-refractivity contribution < 1.29 is 18.3 Å². The number of sulfonamides is 1. The molecule has 2 fully saturated rings. The van der Waals surface area contributed by atoms with Crippen molar-refractivity contribution in [3.63, 3.8) is 0 Å². The van der Waals surface area contributed by atoms with Crippen LogP contribution in [0.5, 0.6) is 0 Å². The molecule has 11 heteroatoms. The molecule has 2 aliphatic heterocycles. The third-order valence-corrected chi connectivity index (χ3v) is 11.5. The van der Waals surface area contributed by atoms with E-state index < -0.39 is 21.9 Å². The van der Waals surface area contributed by atoms with Gasteiger partial charge in [-0.1, -0.05) is 29.5 Å². The zero-order valence-electron chi connectivity index (χ0n) is 25.2. The van der Waals surface area contributed by atoms with E-state index in [0.29, 0.717) is 18.3 Å². The molecule has 44 heavy (non-hydrogen) atoms. The summed E-state index contributed by atoms with van der Waals surface area (Å²) in [5, 5.41) is 18.9. The normalized spacial score (nSPS) is 20.6. The Morgan fingerprint density at radius 2 is 1.93 bits per heavy atom. The smallest absolute Gasteiger partial charge is 0.304 e. The van der Waals surface area contributed by atoms with Gasteiger partial charge in [0.15, 0.2) is 0 Å². The molecule has 2 aromatic carbocycles. The molecule has 230 valence electrons. The van der Waals surface area contributed by atoms with Gasteiger partial charge < -0.3 is 10.0 Å².